The molecule has 0 aromatic carbocycles. The van der Waals surface area contributed by atoms with Gasteiger partial charge in [-0.3, -0.25) is 0 Å². The first-order chi connectivity index (χ1) is 8.29. The molecule has 0 saturated carbocycles. The number of nitrogens with zero attached hydrogens (tertiary/aromatic N) is 1. The van der Waals surface area contributed by atoms with Crippen molar-refractivity contribution in [2.75, 3.05) is 5.32 Å². The van der Waals surface area contributed by atoms with Gasteiger partial charge in [0.1, 0.15) is 5.82 Å². The van der Waals surface area contributed by atoms with E-state index in [4.69, 9.17) is 0 Å². The summed E-state index contributed by atoms with van der Waals surface area (Å²) in [5, 5.41) is 5.65. The third-order valence-corrected chi connectivity index (χ3v) is 3.69. The van der Waals surface area contributed by atoms with Gasteiger partial charge in [-0.15, -0.1) is 11.3 Å². The molecule has 1 unspecified atom stereocenters. The summed E-state index contributed by atoms with van der Waals surface area (Å²) in [4.78, 5) is 5.75. The molecule has 0 spiro atoms. The largest absolute Gasteiger partial charge is 0.362 e. The number of anilines is 1. The van der Waals surface area contributed by atoms with Crippen molar-refractivity contribution >= 4 is 17.2 Å². The molecule has 0 aliphatic rings. The zero-order valence-corrected chi connectivity index (χ0v) is 11.1. The zero-order valence-electron chi connectivity index (χ0n) is 10.3. The van der Waals surface area contributed by atoms with E-state index in [1.807, 2.05) is 12.3 Å². The van der Waals surface area contributed by atoms with E-state index in [2.05, 4.69) is 47.7 Å². The van der Waals surface area contributed by atoms with Crippen molar-refractivity contribution in [2.24, 2.45) is 0 Å². The summed E-state index contributed by atoms with van der Waals surface area (Å²) in [6.07, 6.45) is 4.16. The molecule has 0 radical (unpaired) electrons. The van der Waals surface area contributed by atoms with Gasteiger partial charge in [0.15, 0.2) is 0 Å². The van der Waals surface area contributed by atoms with E-state index in [1.165, 1.54) is 16.9 Å². The van der Waals surface area contributed by atoms with E-state index in [1.54, 1.807) is 11.3 Å². The van der Waals surface area contributed by atoms with Crippen LogP contribution >= 0.6 is 11.3 Å². The fourth-order valence-electron chi connectivity index (χ4n) is 1.86. The van der Waals surface area contributed by atoms with Gasteiger partial charge >= 0.3 is 0 Å². The van der Waals surface area contributed by atoms with E-state index in [-0.39, 0.29) is 0 Å². The van der Waals surface area contributed by atoms with E-state index in [9.17, 15) is 0 Å². The highest BCUT2D eigenvalue weighted by atomic mass is 32.1. The third-order valence-electron chi connectivity index (χ3n) is 2.70. The van der Waals surface area contributed by atoms with Gasteiger partial charge < -0.3 is 5.32 Å². The predicted octanol–water partition coefficient (Wildman–Crippen LogP) is 4.40. The highest BCUT2D eigenvalue weighted by molar-refractivity contribution is 7.10. The molecule has 0 saturated heterocycles. The Bertz CT molecular complexity index is 451. The Balaban J connectivity index is 2.13. The maximum atomic E-state index is 4.37. The molecule has 3 heteroatoms. The lowest BCUT2D eigenvalue weighted by atomic mass is 10.1. The highest BCUT2D eigenvalue weighted by Crippen LogP contribution is 2.26. The maximum absolute atomic E-state index is 4.37. The Hall–Kier alpha value is -1.35. The fraction of sp³-hybridized carbons (Fsp3) is 0.357. The average molecular weight is 246 g/mol. The molecular weight excluding hydrogens is 228 g/mol. The lowest BCUT2D eigenvalue weighted by Crippen LogP contribution is -2.10. The van der Waals surface area contributed by atoms with Crippen LogP contribution in [-0.2, 0) is 0 Å². The topological polar surface area (TPSA) is 24.9 Å². The molecule has 2 aromatic rings. The van der Waals surface area contributed by atoms with Crippen molar-refractivity contribution in [3.63, 3.8) is 0 Å². The monoisotopic (exact) mass is 246 g/mol. The van der Waals surface area contributed by atoms with Crippen LogP contribution in [0.3, 0.4) is 0 Å². The van der Waals surface area contributed by atoms with Crippen molar-refractivity contribution in [1.29, 1.82) is 0 Å². The fourth-order valence-corrected chi connectivity index (χ4v) is 2.67. The Morgan fingerprint density at radius 1 is 1.41 bits per heavy atom. The second kappa shape index (κ2) is 5.82. The number of hydrogen-bond donors (Lipinski definition) is 1. The van der Waals surface area contributed by atoms with Crippen molar-refractivity contribution in [3.05, 3.63) is 46.3 Å². The number of aromatic nitrogens is 1. The normalized spacial score (nSPS) is 12.4. The first-order valence-electron chi connectivity index (χ1n) is 6.02. The number of hydrogen-bond acceptors (Lipinski definition) is 3. The summed E-state index contributed by atoms with van der Waals surface area (Å²) >= 11 is 1.80. The Morgan fingerprint density at radius 3 is 2.94 bits per heavy atom. The van der Waals surface area contributed by atoms with Gasteiger partial charge in [-0.1, -0.05) is 19.4 Å². The number of thiophene rings is 1. The molecule has 1 N–H and O–H groups in total. The second-order valence-electron chi connectivity index (χ2n) is 4.22. The third kappa shape index (κ3) is 3.30. The average Bonchev–Trinajstić information content (AvgIpc) is 2.82. The minimum atomic E-state index is 0.384. The summed E-state index contributed by atoms with van der Waals surface area (Å²) in [5.41, 5.74) is 1.24. The molecule has 2 aromatic heterocycles. The summed E-state index contributed by atoms with van der Waals surface area (Å²) in [6, 6.07) is 8.79. The van der Waals surface area contributed by atoms with E-state index in [0.29, 0.717) is 6.04 Å². The summed E-state index contributed by atoms with van der Waals surface area (Å²) in [5.74, 6) is 0.969. The molecule has 0 amide bonds. The van der Waals surface area contributed by atoms with Crippen LogP contribution in [0, 0.1) is 6.92 Å². The van der Waals surface area contributed by atoms with Crippen LogP contribution in [0.4, 0.5) is 5.82 Å². The lowest BCUT2D eigenvalue weighted by Gasteiger charge is -2.17. The molecule has 2 nitrogen and oxygen atoms in total. The van der Waals surface area contributed by atoms with Crippen molar-refractivity contribution in [3.8, 4) is 0 Å². The molecule has 1 atom stereocenters. The van der Waals surface area contributed by atoms with Crippen LogP contribution < -0.4 is 5.32 Å². The van der Waals surface area contributed by atoms with Crippen LogP contribution in [0.2, 0.25) is 0 Å². The van der Waals surface area contributed by atoms with Gasteiger partial charge in [0.2, 0.25) is 0 Å². The van der Waals surface area contributed by atoms with Crippen LogP contribution in [-0.4, -0.2) is 4.98 Å². The first kappa shape index (κ1) is 12.1. The van der Waals surface area contributed by atoms with Crippen LogP contribution in [0.1, 0.15) is 36.2 Å². The molecule has 17 heavy (non-hydrogen) atoms. The van der Waals surface area contributed by atoms with E-state index < -0.39 is 0 Å². The van der Waals surface area contributed by atoms with Gasteiger partial charge in [0, 0.05) is 11.1 Å². The van der Waals surface area contributed by atoms with Gasteiger partial charge in [-0.25, -0.2) is 4.98 Å². The van der Waals surface area contributed by atoms with E-state index in [0.717, 1.165) is 12.2 Å². The molecule has 2 rings (SSSR count). The van der Waals surface area contributed by atoms with Gasteiger partial charge in [-0.2, -0.15) is 0 Å². The predicted molar refractivity (Wildman–Crippen MR) is 74.6 cm³/mol. The van der Waals surface area contributed by atoms with Crippen molar-refractivity contribution in [2.45, 2.75) is 32.7 Å². The van der Waals surface area contributed by atoms with Gasteiger partial charge in [0.05, 0.1) is 6.04 Å². The summed E-state index contributed by atoms with van der Waals surface area (Å²) < 4.78 is 0. The molecule has 90 valence electrons. The molecule has 0 aliphatic carbocycles. The highest BCUT2D eigenvalue weighted by Gasteiger charge is 2.11. The number of rotatable bonds is 5. The number of pyridine rings is 1. The maximum Gasteiger partial charge on any atom is 0.126 e. The van der Waals surface area contributed by atoms with Crippen LogP contribution in [0.25, 0.3) is 0 Å². The molecule has 0 fully saturated rings. The van der Waals surface area contributed by atoms with Crippen molar-refractivity contribution in [1.82, 2.24) is 4.98 Å². The van der Waals surface area contributed by atoms with Gasteiger partial charge in [-0.05, 0) is 42.5 Å². The van der Waals surface area contributed by atoms with Crippen LogP contribution in [0.5, 0.6) is 0 Å². The minimum absolute atomic E-state index is 0.384. The first-order valence-corrected chi connectivity index (χ1v) is 6.90. The smallest absolute Gasteiger partial charge is 0.126 e. The minimum Gasteiger partial charge on any atom is -0.362 e. The van der Waals surface area contributed by atoms with Crippen LogP contribution in [0.15, 0.2) is 35.8 Å². The number of nitrogens with one attached hydrogen (secondary N) is 1. The number of aryl methyl sites for hydroxylation is 1. The quantitative estimate of drug-likeness (QED) is 0.845. The molecule has 2 heterocycles. The zero-order chi connectivity index (χ0) is 12.1. The Morgan fingerprint density at radius 2 is 2.29 bits per heavy atom. The van der Waals surface area contributed by atoms with Crippen molar-refractivity contribution < 1.29 is 0 Å². The summed E-state index contributed by atoms with van der Waals surface area (Å²) in [7, 11) is 0. The van der Waals surface area contributed by atoms with E-state index >= 15 is 0 Å². The molecule has 0 bridgehead atoms. The molecule has 0 aliphatic heterocycles. The molecular formula is C14H18N2S. The summed E-state index contributed by atoms with van der Waals surface area (Å²) in [6.45, 7) is 4.30. The Labute approximate surface area is 107 Å². The van der Waals surface area contributed by atoms with Gasteiger partial charge in [0.25, 0.3) is 0 Å². The standard InChI is InChI=1S/C14H18N2S/c1-3-5-12(13-6-4-9-17-13)16-14-10-11(2)7-8-15-14/h4,6-10,12H,3,5H2,1-2H3,(H,15,16). The SMILES string of the molecule is CCCC(Nc1cc(C)ccn1)c1cccs1. The lowest BCUT2D eigenvalue weighted by molar-refractivity contribution is 0.684. The second-order valence-corrected chi connectivity index (χ2v) is 5.20. The Kier molecular flexibility index (Phi) is 4.15.